The molecule has 0 spiro atoms. The largest absolute Gasteiger partial charge is 0.409 e. The van der Waals surface area contributed by atoms with Crippen LogP contribution in [-0.2, 0) is 14.3 Å². The number of hydrogen-bond acceptors (Lipinski definition) is 5. The minimum Gasteiger partial charge on any atom is -0.409 e. The molecule has 3 N–H and O–H groups in total. The molecule has 2 heterocycles. The number of hydrogen-bond donors (Lipinski definition) is 2. The van der Waals surface area contributed by atoms with Crippen LogP contribution in [-0.4, -0.2) is 61.4 Å². The molecular weight excluding hydrogens is 262 g/mol. The second kappa shape index (κ2) is 6.41. The first-order valence-corrected chi connectivity index (χ1v) is 7.02. The summed E-state index contributed by atoms with van der Waals surface area (Å²) in [5, 5.41) is 12.1. The first-order chi connectivity index (χ1) is 9.64. The van der Waals surface area contributed by atoms with Crippen LogP contribution in [0.1, 0.15) is 25.7 Å². The van der Waals surface area contributed by atoms with Gasteiger partial charge >= 0.3 is 0 Å². The summed E-state index contributed by atoms with van der Waals surface area (Å²) in [6, 6.07) is 0. The van der Waals surface area contributed by atoms with Crippen molar-refractivity contribution in [2.45, 2.75) is 31.8 Å². The molecule has 0 bridgehead atoms. The summed E-state index contributed by atoms with van der Waals surface area (Å²) in [5.41, 5.74) is 4.91. The van der Waals surface area contributed by atoms with Gasteiger partial charge in [-0.25, -0.2) is 0 Å². The lowest BCUT2D eigenvalue weighted by atomic mass is 9.77. The second-order valence-electron chi connectivity index (χ2n) is 5.41. The highest BCUT2D eigenvalue weighted by Gasteiger charge is 2.47. The van der Waals surface area contributed by atoms with Crippen molar-refractivity contribution in [3.05, 3.63) is 0 Å². The Morgan fingerprint density at radius 3 is 2.50 bits per heavy atom. The van der Waals surface area contributed by atoms with Gasteiger partial charge in [-0.2, -0.15) is 0 Å². The van der Waals surface area contributed by atoms with Crippen LogP contribution < -0.4 is 5.73 Å². The van der Waals surface area contributed by atoms with Gasteiger partial charge in [-0.15, -0.1) is 0 Å². The third-order valence-electron chi connectivity index (χ3n) is 4.42. The number of ether oxygens (including phenoxy) is 2. The number of amidine groups is 1. The van der Waals surface area contributed by atoms with Crippen LogP contribution in [0.25, 0.3) is 0 Å². The molecule has 2 aliphatic heterocycles. The molecule has 0 radical (unpaired) electrons. The van der Waals surface area contributed by atoms with Gasteiger partial charge in [0.2, 0.25) is 5.91 Å². The molecule has 0 aliphatic carbocycles. The summed E-state index contributed by atoms with van der Waals surface area (Å²) in [5.74, 6) is -0.0506. The fourth-order valence-corrected chi connectivity index (χ4v) is 2.99. The van der Waals surface area contributed by atoms with Crippen molar-refractivity contribution in [1.29, 1.82) is 0 Å². The predicted octanol–water partition coefficient (Wildman–Crippen LogP) is 0.167. The smallest absolute Gasteiger partial charge is 0.236 e. The molecule has 0 aromatic carbocycles. The molecule has 7 nitrogen and oxygen atoms in total. The highest BCUT2D eigenvalue weighted by Crippen LogP contribution is 2.34. The molecule has 114 valence electrons. The van der Waals surface area contributed by atoms with Crippen LogP contribution in [0, 0.1) is 5.41 Å². The first-order valence-electron chi connectivity index (χ1n) is 7.02. The lowest BCUT2D eigenvalue weighted by molar-refractivity contribution is -0.145. The zero-order valence-electron chi connectivity index (χ0n) is 11.9. The summed E-state index contributed by atoms with van der Waals surface area (Å²) < 4.78 is 10.6. The summed E-state index contributed by atoms with van der Waals surface area (Å²) in [4.78, 5) is 14.6. The van der Waals surface area contributed by atoms with E-state index in [0.717, 1.165) is 12.8 Å². The molecule has 0 aromatic rings. The van der Waals surface area contributed by atoms with Crippen LogP contribution >= 0.6 is 0 Å². The van der Waals surface area contributed by atoms with Crippen molar-refractivity contribution < 1.29 is 19.5 Å². The Bertz CT molecular complexity index is 372. The topological polar surface area (TPSA) is 97.4 Å². The molecule has 2 fully saturated rings. The second-order valence-corrected chi connectivity index (χ2v) is 5.41. The number of methoxy groups -OCH3 is 1. The average Bonchev–Trinajstić information content (AvgIpc) is 2.54. The monoisotopic (exact) mass is 285 g/mol. The Morgan fingerprint density at radius 1 is 1.40 bits per heavy atom. The van der Waals surface area contributed by atoms with E-state index < -0.39 is 5.41 Å². The van der Waals surface area contributed by atoms with Gasteiger partial charge in [-0.1, -0.05) is 5.16 Å². The molecule has 2 rings (SSSR count). The minimum atomic E-state index is -0.910. The number of nitrogens with two attached hydrogens (primary N) is 1. The predicted molar refractivity (Wildman–Crippen MR) is 72.5 cm³/mol. The van der Waals surface area contributed by atoms with Crippen molar-refractivity contribution in [2.24, 2.45) is 16.3 Å². The van der Waals surface area contributed by atoms with E-state index in [1.807, 2.05) is 0 Å². The van der Waals surface area contributed by atoms with Gasteiger partial charge < -0.3 is 25.3 Å². The zero-order chi connectivity index (χ0) is 14.6. The van der Waals surface area contributed by atoms with Gasteiger partial charge in [0.15, 0.2) is 5.84 Å². The summed E-state index contributed by atoms with van der Waals surface area (Å²) in [6.07, 6.45) is 2.79. The quantitative estimate of drug-likeness (QED) is 0.333. The number of rotatable bonds is 3. The average molecular weight is 285 g/mol. The highest BCUT2D eigenvalue weighted by atomic mass is 16.5. The van der Waals surface area contributed by atoms with E-state index in [0.29, 0.717) is 39.1 Å². The van der Waals surface area contributed by atoms with E-state index in [2.05, 4.69) is 5.16 Å². The Balaban J connectivity index is 2.11. The molecule has 0 atom stereocenters. The number of carbonyl (C=O) groups excluding carboxylic acids is 1. The van der Waals surface area contributed by atoms with Crippen molar-refractivity contribution >= 4 is 11.7 Å². The van der Waals surface area contributed by atoms with Crippen LogP contribution in [0.3, 0.4) is 0 Å². The number of amides is 1. The van der Waals surface area contributed by atoms with Crippen molar-refractivity contribution in [1.82, 2.24) is 4.90 Å². The Hall–Kier alpha value is -1.34. The summed E-state index contributed by atoms with van der Waals surface area (Å²) in [6.45, 7) is 2.21. The zero-order valence-corrected chi connectivity index (χ0v) is 11.9. The first kappa shape index (κ1) is 15.1. The maximum Gasteiger partial charge on any atom is 0.236 e. The van der Waals surface area contributed by atoms with E-state index in [1.54, 1.807) is 12.0 Å². The molecule has 0 aromatic heterocycles. The molecule has 0 saturated carbocycles. The standard InChI is InChI=1S/C13H23N3O4/c1-19-10-2-6-16(7-3-10)12(17)13(11(14)15-18)4-8-20-9-5-13/h10,18H,2-9H2,1H3,(H2,14,15). The molecule has 1 amide bonds. The maximum atomic E-state index is 12.8. The molecule has 7 heteroatoms. The lowest BCUT2D eigenvalue weighted by Crippen LogP contribution is -2.55. The summed E-state index contributed by atoms with van der Waals surface area (Å²) in [7, 11) is 1.69. The summed E-state index contributed by atoms with van der Waals surface area (Å²) >= 11 is 0. The van der Waals surface area contributed by atoms with E-state index in [4.69, 9.17) is 20.4 Å². The van der Waals surface area contributed by atoms with Crippen LogP contribution in [0.2, 0.25) is 0 Å². The van der Waals surface area contributed by atoms with E-state index >= 15 is 0 Å². The number of nitrogens with zero attached hydrogens (tertiary/aromatic N) is 2. The number of carbonyl (C=O) groups is 1. The molecule has 0 unspecified atom stereocenters. The van der Waals surface area contributed by atoms with Gasteiger partial charge in [-0.3, -0.25) is 4.79 Å². The minimum absolute atomic E-state index is 0.000310. The van der Waals surface area contributed by atoms with Gasteiger partial charge in [0.25, 0.3) is 0 Å². The third kappa shape index (κ3) is 2.73. The molecule has 20 heavy (non-hydrogen) atoms. The van der Waals surface area contributed by atoms with Crippen molar-refractivity contribution in [2.75, 3.05) is 33.4 Å². The Labute approximate surface area is 118 Å². The van der Waals surface area contributed by atoms with Gasteiger partial charge in [0, 0.05) is 33.4 Å². The van der Waals surface area contributed by atoms with Gasteiger partial charge in [-0.05, 0) is 25.7 Å². The molecule has 2 aliphatic rings. The third-order valence-corrected chi connectivity index (χ3v) is 4.42. The van der Waals surface area contributed by atoms with E-state index in [-0.39, 0.29) is 17.8 Å². The van der Waals surface area contributed by atoms with E-state index in [9.17, 15) is 4.79 Å². The molecule has 2 saturated heterocycles. The fourth-order valence-electron chi connectivity index (χ4n) is 2.99. The number of likely N-dealkylation sites (tertiary alicyclic amines) is 1. The van der Waals surface area contributed by atoms with E-state index in [1.165, 1.54) is 0 Å². The lowest BCUT2D eigenvalue weighted by Gasteiger charge is -2.40. The highest BCUT2D eigenvalue weighted by molar-refractivity contribution is 6.06. The Kier molecular flexibility index (Phi) is 4.82. The SMILES string of the molecule is COC1CCN(C(=O)C2(C(N)=NO)CCOCC2)CC1. The van der Waals surface area contributed by atoms with Crippen LogP contribution in [0.15, 0.2) is 5.16 Å². The van der Waals surface area contributed by atoms with Gasteiger partial charge in [0.1, 0.15) is 5.41 Å². The maximum absolute atomic E-state index is 12.8. The van der Waals surface area contributed by atoms with Crippen LogP contribution in [0.5, 0.6) is 0 Å². The normalized spacial score (nSPS) is 24.6. The van der Waals surface area contributed by atoms with Gasteiger partial charge in [0.05, 0.1) is 6.10 Å². The fraction of sp³-hybridized carbons (Fsp3) is 0.846. The molecular formula is C13H23N3O4. The van der Waals surface area contributed by atoms with Crippen molar-refractivity contribution in [3.8, 4) is 0 Å². The number of piperidine rings is 1. The van der Waals surface area contributed by atoms with Crippen molar-refractivity contribution in [3.63, 3.8) is 0 Å². The van der Waals surface area contributed by atoms with Crippen LogP contribution in [0.4, 0.5) is 0 Å². The number of oxime groups is 1. The Morgan fingerprint density at radius 2 is 2.00 bits per heavy atom.